The van der Waals surface area contributed by atoms with E-state index < -0.39 is 22.7 Å². The van der Waals surface area contributed by atoms with E-state index in [4.69, 9.17) is 8.85 Å². The average Bonchev–Trinajstić information content (AvgIpc) is 2.73. The summed E-state index contributed by atoms with van der Waals surface area (Å²) in [5.74, 6) is 6.09. The van der Waals surface area contributed by atoms with E-state index in [1.807, 2.05) is 19.1 Å². The van der Waals surface area contributed by atoms with Crippen LogP contribution >= 0.6 is 0 Å². The third-order valence-electron chi connectivity index (χ3n) is 6.76. The molecule has 0 fully saturated rings. The number of hydrogen-bond acceptors (Lipinski definition) is 3. The molecule has 0 spiro atoms. The lowest BCUT2D eigenvalue weighted by molar-refractivity contribution is 0.0750. The van der Waals surface area contributed by atoms with Gasteiger partial charge in [-0.05, 0) is 40.5 Å². The minimum absolute atomic E-state index is 0.0841. The molecule has 0 aromatic heterocycles. The van der Waals surface area contributed by atoms with Crippen molar-refractivity contribution in [3.63, 3.8) is 0 Å². The van der Waals surface area contributed by atoms with Gasteiger partial charge in [-0.15, -0.1) is 0 Å². The van der Waals surface area contributed by atoms with Crippen LogP contribution in [-0.4, -0.2) is 40.6 Å². The third kappa shape index (κ3) is 6.46. The Morgan fingerprint density at radius 3 is 1.67 bits per heavy atom. The van der Waals surface area contributed by atoms with E-state index in [0.717, 1.165) is 0 Å². The second kappa shape index (κ2) is 10.7. The highest BCUT2D eigenvalue weighted by atomic mass is 28.4. The molecule has 180 valence electrons. The molecule has 2 aromatic rings. The molecule has 0 bridgehead atoms. The molecule has 0 saturated heterocycles. The van der Waals surface area contributed by atoms with Gasteiger partial charge in [0.1, 0.15) is 6.10 Å². The van der Waals surface area contributed by atoms with Crippen LogP contribution in [0.4, 0.5) is 0 Å². The summed E-state index contributed by atoms with van der Waals surface area (Å²) in [6.07, 6.45) is -1.19. The summed E-state index contributed by atoms with van der Waals surface area (Å²) in [5, 5.41) is 13.1. The smallest absolute Gasteiger partial charge is 0.262 e. The second-order valence-corrected chi connectivity index (χ2v) is 20.4. The predicted octanol–water partition coefficient (Wildman–Crippen LogP) is 5.34. The minimum Gasteiger partial charge on any atom is -0.411 e. The molecule has 0 saturated carbocycles. The van der Waals surface area contributed by atoms with E-state index in [2.05, 4.69) is 115 Å². The van der Waals surface area contributed by atoms with Crippen LogP contribution in [0.25, 0.3) is 0 Å². The van der Waals surface area contributed by atoms with Crippen LogP contribution in [0.2, 0.25) is 23.2 Å². The molecule has 0 aliphatic carbocycles. The predicted molar refractivity (Wildman–Crippen MR) is 145 cm³/mol. The van der Waals surface area contributed by atoms with Crippen molar-refractivity contribution >= 4 is 27.0 Å². The molecular weight excluding hydrogens is 440 g/mol. The van der Waals surface area contributed by atoms with Gasteiger partial charge in [-0.3, -0.25) is 0 Å². The highest BCUT2D eigenvalue weighted by Gasteiger charge is 2.50. The minimum atomic E-state index is -2.62. The molecule has 0 unspecified atom stereocenters. The summed E-state index contributed by atoms with van der Waals surface area (Å²) in [5.41, 5.74) is 0. The van der Waals surface area contributed by atoms with E-state index >= 15 is 0 Å². The molecule has 0 radical (unpaired) electrons. The first-order chi connectivity index (χ1) is 15.2. The van der Waals surface area contributed by atoms with E-state index in [1.54, 1.807) is 0 Å². The summed E-state index contributed by atoms with van der Waals surface area (Å²) in [7, 11) is -4.59. The monoisotopic (exact) mass is 482 g/mol. The Kier molecular flexibility index (Phi) is 8.94. The zero-order chi connectivity index (χ0) is 24.9. The van der Waals surface area contributed by atoms with Crippen molar-refractivity contribution in [1.29, 1.82) is 0 Å². The maximum absolute atomic E-state index is 10.6. The standard InChI is InChI=1S/C28H42O3Si2/c1-23(31-32(8,9)27(2,3)4)26(29)21-16-22-30-33(28(5,6)7,24-17-12-10-13-18-24)25-19-14-11-15-20-25/h10-15,17-20,23,26,29H,22H2,1-9H3/t23-,26+/m0/s1. The van der Waals surface area contributed by atoms with E-state index in [9.17, 15) is 5.11 Å². The molecule has 33 heavy (non-hydrogen) atoms. The van der Waals surface area contributed by atoms with Crippen molar-refractivity contribution in [2.75, 3.05) is 6.61 Å². The summed E-state index contributed by atoms with van der Waals surface area (Å²) in [4.78, 5) is 0. The molecule has 3 nitrogen and oxygen atoms in total. The third-order valence-corrected chi connectivity index (χ3v) is 16.3. The molecule has 0 aliphatic rings. The fourth-order valence-corrected chi connectivity index (χ4v) is 9.73. The van der Waals surface area contributed by atoms with Gasteiger partial charge in [-0.1, -0.05) is 114 Å². The lowest BCUT2D eigenvalue weighted by atomic mass is 10.2. The maximum atomic E-state index is 10.6. The number of rotatable bonds is 7. The van der Waals surface area contributed by atoms with Gasteiger partial charge in [0, 0.05) is 0 Å². The van der Waals surface area contributed by atoms with Crippen molar-refractivity contribution in [3.8, 4) is 11.8 Å². The van der Waals surface area contributed by atoms with Crippen LogP contribution in [0.1, 0.15) is 48.5 Å². The average molecular weight is 483 g/mol. The zero-order valence-corrected chi connectivity index (χ0v) is 23.9. The van der Waals surface area contributed by atoms with Crippen LogP contribution in [0.3, 0.4) is 0 Å². The molecule has 0 heterocycles. The van der Waals surface area contributed by atoms with Gasteiger partial charge in [0.25, 0.3) is 8.32 Å². The highest BCUT2D eigenvalue weighted by Crippen LogP contribution is 2.38. The Morgan fingerprint density at radius 1 is 0.818 bits per heavy atom. The summed E-state index contributed by atoms with van der Waals surface area (Å²) in [6.45, 7) is 19.9. The molecule has 5 heteroatoms. The van der Waals surface area contributed by atoms with Crippen LogP contribution in [0.15, 0.2) is 60.7 Å². The van der Waals surface area contributed by atoms with Gasteiger partial charge in [-0.2, -0.15) is 0 Å². The number of benzene rings is 2. The van der Waals surface area contributed by atoms with Crippen molar-refractivity contribution in [2.45, 2.75) is 83.8 Å². The van der Waals surface area contributed by atoms with Crippen LogP contribution in [-0.2, 0) is 8.85 Å². The maximum Gasteiger partial charge on any atom is 0.262 e. The molecule has 1 N–H and O–H groups in total. The Morgan fingerprint density at radius 2 is 1.27 bits per heavy atom. The summed E-state index contributed by atoms with van der Waals surface area (Å²) in [6, 6.07) is 21.0. The Balaban J connectivity index is 2.28. The highest BCUT2D eigenvalue weighted by molar-refractivity contribution is 6.99. The first kappa shape index (κ1) is 27.6. The van der Waals surface area contributed by atoms with E-state index in [1.165, 1.54) is 10.4 Å². The Labute approximate surface area is 203 Å². The number of aliphatic hydroxyl groups excluding tert-OH is 1. The lowest BCUT2D eigenvalue weighted by Gasteiger charge is -2.42. The zero-order valence-electron chi connectivity index (χ0n) is 21.9. The quantitative estimate of drug-likeness (QED) is 0.428. The van der Waals surface area contributed by atoms with E-state index in [-0.39, 0.29) is 22.8 Å². The fourth-order valence-electron chi connectivity index (χ4n) is 3.88. The van der Waals surface area contributed by atoms with Crippen molar-refractivity contribution < 1.29 is 14.0 Å². The van der Waals surface area contributed by atoms with Gasteiger partial charge in [0.2, 0.25) is 0 Å². The van der Waals surface area contributed by atoms with Crippen molar-refractivity contribution in [2.24, 2.45) is 0 Å². The van der Waals surface area contributed by atoms with Gasteiger partial charge < -0.3 is 14.0 Å². The van der Waals surface area contributed by atoms with Gasteiger partial charge in [-0.25, -0.2) is 0 Å². The first-order valence-corrected chi connectivity index (χ1v) is 16.6. The topological polar surface area (TPSA) is 38.7 Å². The molecule has 2 atom stereocenters. The second-order valence-electron chi connectivity index (χ2n) is 11.3. The molecular formula is C28H42O3Si2. The van der Waals surface area contributed by atoms with Crippen LogP contribution in [0.5, 0.6) is 0 Å². The SMILES string of the molecule is C[C@H](O[Si](C)(C)C(C)(C)C)[C@H](O)C#CCO[Si](c1ccccc1)(c1ccccc1)C(C)(C)C. The lowest BCUT2D eigenvalue weighted by Crippen LogP contribution is -2.66. The molecule has 2 aromatic carbocycles. The first-order valence-electron chi connectivity index (χ1n) is 11.8. The van der Waals surface area contributed by atoms with Crippen LogP contribution in [0, 0.1) is 11.8 Å². The largest absolute Gasteiger partial charge is 0.411 e. The van der Waals surface area contributed by atoms with E-state index in [0.29, 0.717) is 0 Å². The van der Waals surface area contributed by atoms with Gasteiger partial charge in [0.15, 0.2) is 8.32 Å². The summed E-state index contributed by atoms with van der Waals surface area (Å²) >= 11 is 0. The fraction of sp³-hybridized carbons (Fsp3) is 0.500. The van der Waals surface area contributed by atoms with Crippen molar-refractivity contribution in [3.05, 3.63) is 60.7 Å². The summed E-state index contributed by atoms with van der Waals surface area (Å²) < 4.78 is 13.1. The normalized spacial score (nSPS) is 14.8. The Bertz CT molecular complexity index is 893. The van der Waals surface area contributed by atoms with Crippen LogP contribution < -0.4 is 10.4 Å². The molecule has 2 rings (SSSR count). The van der Waals surface area contributed by atoms with Gasteiger partial charge in [0.05, 0.1) is 12.7 Å². The number of aliphatic hydroxyl groups is 1. The Hall–Kier alpha value is -1.69. The molecule has 0 amide bonds. The van der Waals surface area contributed by atoms with Crippen molar-refractivity contribution in [1.82, 2.24) is 0 Å². The number of hydrogen-bond donors (Lipinski definition) is 1. The molecule has 0 aliphatic heterocycles. The van der Waals surface area contributed by atoms with Gasteiger partial charge >= 0.3 is 0 Å².